The lowest BCUT2D eigenvalue weighted by Crippen LogP contribution is -2.55. The number of benzene rings is 2. The first-order chi connectivity index (χ1) is 16.6. The molecule has 36 heavy (non-hydrogen) atoms. The molecule has 1 fully saturated rings. The number of anilines is 2. The van der Waals surface area contributed by atoms with Crippen LogP contribution in [0.25, 0.3) is 0 Å². The lowest BCUT2D eigenvalue weighted by Gasteiger charge is -2.39. The van der Waals surface area contributed by atoms with Gasteiger partial charge in [-0.2, -0.15) is 4.31 Å². The molecule has 1 saturated heterocycles. The molecule has 0 bridgehead atoms. The van der Waals surface area contributed by atoms with Gasteiger partial charge in [0.05, 0.1) is 21.9 Å². The van der Waals surface area contributed by atoms with E-state index >= 15 is 0 Å². The molecule has 1 unspecified atom stereocenters. The summed E-state index contributed by atoms with van der Waals surface area (Å²) >= 11 is 0. The van der Waals surface area contributed by atoms with E-state index in [9.17, 15) is 31.2 Å². The normalized spacial score (nSPS) is 17.1. The van der Waals surface area contributed by atoms with Crippen LogP contribution in [0.4, 0.5) is 11.4 Å². The van der Waals surface area contributed by atoms with Gasteiger partial charge in [-0.05, 0) is 68.8 Å². The highest BCUT2D eigenvalue weighted by atomic mass is 32.2. The van der Waals surface area contributed by atoms with Crippen molar-refractivity contribution in [2.45, 2.75) is 61.9 Å². The molecule has 0 radical (unpaired) electrons. The molecule has 194 valence electrons. The van der Waals surface area contributed by atoms with Crippen LogP contribution in [0.2, 0.25) is 0 Å². The van der Waals surface area contributed by atoms with E-state index in [-0.39, 0.29) is 27.8 Å². The zero-order valence-corrected chi connectivity index (χ0v) is 21.9. The standard InChI is InChI=1S/C23H28N4O7S2/c1-5-23(3,4)27(36(33,34)19-10-6-16(7-11-19)25-15(2)28)20-14-21(29)26(22(20)30)17-8-12-18(13-9-17)35(24,31)32/h6-13,20H,5,14H2,1-4H3,(H,25,28)(H2,24,31,32). The molecule has 3 N–H and O–H groups in total. The van der Waals surface area contributed by atoms with Gasteiger partial charge in [0.25, 0.3) is 5.91 Å². The Morgan fingerprint density at radius 2 is 1.56 bits per heavy atom. The third-order valence-corrected chi connectivity index (χ3v) is 9.09. The fraction of sp³-hybridized carbons (Fsp3) is 0.348. The maximum absolute atomic E-state index is 13.8. The molecule has 0 spiro atoms. The fourth-order valence-corrected chi connectivity index (χ4v) is 6.45. The highest BCUT2D eigenvalue weighted by molar-refractivity contribution is 7.89. The third kappa shape index (κ3) is 5.33. The SMILES string of the molecule is CCC(C)(C)N(C1CC(=O)N(c2ccc(S(N)(=O)=O)cc2)C1=O)S(=O)(=O)c1ccc(NC(C)=O)cc1. The third-order valence-electron chi connectivity index (χ3n) is 6.02. The van der Waals surface area contributed by atoms with Crippen molar-refractivity contribution >= 4 is 49.1 Å². The van der Waals surface area contributed by atoms with Gasteiger partial charge >= 0.3 is 0 Å². The minimum absolute atomic E-state index is 0.102. The van der Waals surface area contributed by atoms with E-state index in [4.69, 9.17) is 5.14 Å². The van der Waals surface area contributed by atoms with Crippen LogP contribution in [0.15, 0.2) is 58.3 Å². The molecule has 1 aliphatic rings. The van der Waals surface area contributed by atoms with Gasteiger partial charge in [0.2, 0.25) is 31.9 Å². The average molecular weight is 537 g/mol. The van der Waals surface area contributed by atoms with Crippen molar-refractivity contribution in [3.05, 3.63) is 48.5 Å². The van der Waals surface area contributed by atoms with Crippen molar-refractivity contribution in [2.75, 3.05) is 10.2 Å². The van der Waals surface area contributed by atoms with Crippen LogP contribution in [0.1, 0.15) is 40.5 Å². The molecule has 1 heterocycles. The number of amides is 3. The Hall–Kier alpha value is -3.13. The Kier molecular flexibility index (Phi) is 7.42. The van der Waals surface area contributed by atoms with E-state index in [2.05, 4.69) is 5.32 Å². The van der Waals surface area contributed by atoms with Gasteiger partial charge in [-0.15, -0.1) is 0 Å². The topological polar surface area (TPSA) is 164 Å². The monoisotopic (exact) mass is 536 g/mol. The van der Waals surface area contributed by atoms with Crippen LogP contribution in [0, 0.1) is 0 Å². The van der Waals surface area contributed by atoms with Crippen LogP contribution in [0.5, 0.6) is 0 Å². The molecule has 0 saturated carbocycles. The number of imide groups is 1. The predicted octanol–water partition coefficient (Wildman–Crippen LogP) is 1.80. The van der Waals surface area contributed by atoms with Gasteiger partial charge < -0.3 is 5.32 Å². The van der Waals surface area contributed by atoms with E-state index in [1.807, 2.05) is 0 Å². The van der Waals surface area contributed by atoms with Crippen molar-refractivity contribution in [1.82, 2.24) is 4.31 Å². The summed E-state index contributed by atoms with van der Waals surface area (Å²) in [5.41, 5.74) is -0.529. The average Bonchev–Trinajstić information content (AvgIpc) is 3.06. The smallest absolute Gasteiger partial charge is 0.252 e. The summed E-state index contributed by atoms with van der Waals surface area (Å²) in [4.78, 5) is 38.2. The summed E-state index contributed by atoms with van der Waals surface area (Å²) in [5.74, 6) is -1.68. The maximum atomic E-state index is 13.8. The van der Waals surface area contributed by atoms with Crippen molar-refractivity contribution in [2.24, 2.45) is 5.14 Å². The van der Waals surface area contributed by atoms with Gasteiger partial charge in [-0.3, -0.25) is 14.4 Å². The van der Waals surface area contributed by atoms with Crippen molar-refractivity contribution in [1.29, 1.82) is 0 Å². The van der Waals surface area contributed by atoms with E-state index in [1.54, 1.807) is 20.8 Å². The maximum Gasteiger partial charge on any atom is 0.252 e. The second-order valence-electron chi connectivity index (χ2n) is 9.00. The summed E-state index contributed by atoms with van der Waals surface area (Å²) < 4.78 is 51.7. The summed E-state index contributed by atoms with van der Waals surface area (Å²) in [6, 6.07) is 9.07. The molecule has 13 heteroatoms. The fourth-order valence-electron chi connectivity index (χ4n) is 3.95. The number of carbonyl (C=O) groups excluding carboxylic acids is 3. The minimum atomic E-state index is -4.26. The van der Waals surface area contributed by atoms with Gasteiger partial charge in [-0.25, -0.2) is 26.9 Å². The molecular weight excluding hydrogens is 508 g/mol. The van der Waals surface area contributed by atoms with Gasteiger partial charge in [0.15, 0.2) is 0 Å². The Balaban J connectivity index is 2.02. The Morgan fingerprint density at radius 1 is 1.03 bits per heavy atom. The second-order valence-corrected chi connectivity index (χ2v) is 12.4. The molecular formula is C23H28N4O7S2. The van der Waals surface area contributed by atoms with Crippen LogP contribution >= 0.6 is 0 Å². The molecule has 11 nitrogen and oxygen atoms in total. The highest BCUT2D eigenvalue weighted by Gasteiger charge is 2.51. The quantitative estimate of drug-likeness (QED) is 0.486. The van der Waals surface area contributed by atoms with Crippen molar-refractivity contribution in [3.63, 3.8) is 0 Å². The van der Waals surface area contributed by atoms with Crippen LogP contribution in [-0.4, -0.2) is 50.4 Å². The zero-order valence-electron chi connectivity index (χ0n) is 20.3. The van der Waals surface area contributed by atoms with Crippen LogP contribution in [-0.2, 0) is 34.4 Å². The Labute approximate surface area is 210 Å². The first-order valence-corrected chi connectivity index (χ1v) is 14.0. The number of nitrogens with zero attached hydrogens (tertiary/aromatic N) is 2. The molecule has 3 rings (SSSR count). The number of nitrogens with two attached hydrogens (primary N) is 1. The van der Waals surface area contributed by atoms with Crippen molar-refractivity contribution in [3.8, 4) is 0 Å². The number of hydrogen-bond acceptors (Lipinski definition) is 7. The van der Waals surface area contributed by atoms with E-state index < -0.39 is 43.4 Å². The zero-order chi connectivity index (χ0) is 27.1. The number of carbonyl (C=O) groups is 3. The largest absolute Gasteiger partial charge is 0.326 e. The second kappa shape index (κ2) is 9.73. The lowest BCUT2D eigenvalue weighted by atomic mass is 10.00. The van der Waals surface area contributed by atoms with Gasteiger partial charge in [0.1, 0.15) is 6.04 Å². The Morgan fingerprint density at radius 3 is 2.03 bits per heavy atom. The summed E-state index contributed by atoms with van der Waals surface area (Å²) in [5, 5.41) is 7.67. The summed E-state index contributed by atoms with van der Waals surface area (Å²) in [6.07, 6.45) is -0.0420. The first kappa shape index (κ1) is 27.5. The molecule has 1 atom stereocenters. The van der Waals surface area contributed by atoms with Crippen LogP contribution < -0.4 is 15.4 Å². The van der Waals surface area contributed by atoms with Crippen LogP contribution in [0.3, 0.4) is 0 Å². The van der Waals surface area contributed by atoms with Gasteiger partial charge in [-0.1, -0.05) is 6.92 Å². The summed E-state index contributed by atoms with van der Waals surface area (Å²) in [7, 11) is -8.24. The predicted molar refractivity (Wildman–Crippen MR) is 133 cm³/mol. The number of hydrogen-bond donors (Lipinski definition) is 2. The molecule has 0 aliphatic carbocycles. The Bertz CT molecular complexity index is 1400. The highest BCUT2D eigenvalue weighted by Crippen LogP contribution is 2.36. The molecule has 1 aliphatic heterocycles. The molecule has 0 aromatic heterocycles. The molecule has 3 amide bonds. The number of primary sulfonamides is 1. The van der Waals surface area contributed by atoms with E-state index in [0.717, 1.165) is 9.21 Å². The van der Waals surface area contributed by atoms with Crippen molar-refractivity contribution < 1.29 is 31.2 Å². The first-order valence-electron chi connectivity index (χ1n) is 11.0. The van der Waals surface area contributed by atoms with E-state index in [0.29, 0.717) is 12.1 Å². The summed E-state index contributed by atoms with van der Waals surface area (Å²) in [6.45, 7) is 6.43. The number of sulfonamides is 2. The molecule has 2 aromatic rings. The minimum Gasteiger partial charge on any atom is -0.326 e. The lowest BCUT2D eigenvalue weighted by molar-refractivity contribution is -0.123. The number of rotatable bonds is 8. The van der Waals surface area contributed by atoms with Gasteiger partial charge in [0, 0.05) is 18.2 Å². The van der Waals surface area contributed by atoms with E-state index in [1.165, 1.54) is 55.5 Å². The number of nitrogens with one attached hydrogen (secondary N) is 1. The molecule has 2 aromatic carbocycles.